The molecule has 4 rings (SSSR count). The summed E-state index contributed by atoms with van der Waals surface area (Å²) in [6.45, 7) is 2.13. The lowest BCUT2D eigenvalue weighted by Gasteiger charge is -2.28. The molecule has 0 amide bonds. The van der Waals surface area contributed by atoms with Gasteiger partial charge >= 0.3 is 0 Å². The maximum Gasteiger partial charge on any atom is 0.143 e. The van der Waals surface area contributed by atoms with Gasteiger partial charge in [0.25, 0.3) is 0 Å². The van der Waals surface area contributed by atoms with Gasteiger partial charge in [0, 0.05) is 29.9 Å². The highest BCUT2D eigenvalue weighted by Gasteiger charge is 2.19. The third-order valence-corrected chi connectivity index (χ3v) is 4.51. The molecule has 0 bridgehead atoms. The van der Waals surface area contributed by atoms with Gasteiger partial charge in [0.05, 0.1) is 5.39 Å². The normalized spacial score (nSPS) is 15.4. The van der Waals surface area contributed by atoms with Crippen molar-refractivity contribution in [3.63, 3.8) is 0 Å². The van der Waals surface area contributed by atoms with Gasteiger partial charge in [-0.1, -0.05) is 23.7 Å². The van der Waals surface area contributed by atoms with E-state index in [9.17, 15) is 0 Å². The van der Waals surface area contributed by atoms with E-state index >= 15 is 0 Å². The Balaban J connectivity index is 1.87. The summed E-state index contributed by atoms with van der Waals surface area (Å²) >= 11 is 6.00. The monoisotopic (exact) mass is 312 g/mol. The highest BCUT2D eigenvalue weighted by molar-refractivity contribution is 6.30. The molecule has 4 nitrogen and oxygen atoms in total. The summed E-state index contributed by atoms with van der Waals surface area (Å²) in [5.41, 5.74) is 3.15. The van der Waals surface area contributed by atoms with E-state index in [1.165, 1.54) is 19.3 Å². The quantitative estimate of drug-likeness (QED) is 0.768. The second kappa shape index (κ2) is 5.61. The number of nitrogens with zero attached hydrogens (tertiary/aromatic N) is 3. The number of anilines is 1. The summed E-state index contributed by atoms with van der Waals surface area (Å²) in [4.78, 5) is 14.6. The predicted molar refractivity (Wildman–Crippen MR) is 90.4 cm³/mol. The average molecular weight is 313 g/mol. The minimum atomic E-state index is 0.746. The van der Waals surface area contributed by atoms with Gasteiger partial charge in [-0.25, -0.2) is 9.97 Å². The number of H-pyrrole nitrogens is 1. The Bertz CT molecular complexity index is 788. The van der Waals surface area contributed by atoms with E-state index < -0.39 is 0 Å². The average Bonchev–Trinajstić information content (AvgIpc) is 3.00. The maximum absolute atomic E-state index is 6.00. The molecule has 112 valence electrons. The second-order valence-corrected chi connectivity index (χ2v) is 6.11. The first-order valence-electron chi connectivity index (χ1n) is 7.66. The van der Waals surface area contributed by atoms with Gasteiger partial charge in [0.2, 0.25) is 0 Å². The molecule has 1 fully saturated rings. The third-order valence-electron chi connectivity index (χ3n) is 4.26. The largest absolute Gasteiger partial charge is 0.356 e. The van der Waals surface area contributed by atoms with Gasteiger partial charge in [-0.15, -0.1) is 0 Å². The third kappa shape index (κ3) is 2.33. The molecule has 5 heteroatoms. The number of aromatic nitrogens is 3. The number of hydrogen-bond donors (Lipinski definition) is 1. The summed E-state index contributed by atoms with van der Waals surface area (Å²) in [5.74, 6) is 1.04. The molecule has 22 heavy (non-hydrogen) atoms. The van der Waals surface area contributed by atoms with E-state index in [0.29, 0.717) is 0 Å². The van der Waals surface area contributed by atoms with Crippen LogP contribution in [0.1, 0.15) is 19.3 Å². The predicted octanol–water partition coefficient (Wildman–Crippen LogP) is 4.27. The van der Waals surface area contributed by atoms with Crippen LogP contribution in [0.25, 0.3) is 22.2 Å². The summed E-state index contributed by atoms with van der Waals surface area (Å²) in [5, 5.41) is 1.85. The van der Waals surface area contributed by atoms with Crippen molar-refractivity contribution in [1.29, 1.82) is 0 Å². The van der Waals surface area contributed by atoms with Crippen LogP contribution in [0, 0.1) is 0 Å². The Morgan fingerprint density at radius 1 is 1.00 bits per heavy atom. The zero-order valence-electron chi connectivity index (χ0n) is 12.2. The van der Waals surface area contributed by atoms with E-state index in [4.69, 9.17) is 11.6 Å². The molecule has 1 aliphatic rings. The fraction of sp³-hybridized carbons (Fsp3) is 0.294. The van der Waals surface area contributed by atoms with E-state index in [1.54, 1.807) is 6.33 Å². The van der Waals surface area contributed by atoms with Crippen molar-refractivity contribution in [1.82, 2.24) is 15.0 Å². The maximum atomic E-state index is 6.00. The molecule has 1 saturated heterocycles. The van der Waals surface area contributed by atoms with Crippen LogP contribution in [0.4, 0.5) is 5.82 Å². The first-order chi connectivity index (χ1) is 10.8. The number of halogens is 1. The number of benzene rings is 1. The van der Waals surface area contributed by atoms with Gasteiger partial charge in [0.15, 0.2) is 0 Å². The van der Waals surface area contributed by atoms with Crippen LogP contribution in [0.5, 0.6) is 0 Å². The molecule has 1 aromatic carbocycles. The van der Waals surface area contributed by atoms with Crippen molar-refractivity contribution in [3.8, 4) is 11.1 Å². The molecule has 3 aromatic rings. The number of fused-ring (bicyclic) bond motifs is 1. The highest BCUT2D eigenvalue weighted by atomic mass is 35.5. The Labute approximate surface area is 134 Å². The van der Waals surface area contributed by atoms with E-state index in [-0.39, 0.29) is 0 Å². The van der Waals surface area contributed by atoms with E-state index in [2.05, 4.69) is 19.9 Å². The molecule has 2 aromatic heterocycles. The summed E-state index contributed by atoms with van der Waals surface area (Å²) in [7, 11) is 0. The molecule has 0 atom stereocenters. The van der Waals surface area contributed by atoms with Crippen LogP contribution in [-0.2, 0) is 0 Å². The van der Waals surface area contributed by atoms with E-state index in [0.717, 1.165) is 46.1 Å². The molecule has 0 saturated carbocycles. The van der Waals surface area contributed by atoms with Gasteiger partial charge in [0.1, 0.15) is 17.8 Å². The Morgan fingerprint density at radius 2 is 1.77 bits per heavy atom. The fourth-order valence-electron chi connectivity index (χ4n) is 3.15. The molecule has 0 unspecified atom stereocenters. The van der Waals surface area contributed by atoms with Crippen molar-refractivity contribution in [3.05, 3.63) is 41.8 Å². The first kappa shape index (κ1) is 13.6. The minimum absolute atomic E-state index is 0.746. The summed E-state index contributed by atoms with van der Waals surface area (Å²) in [6, 6.07) is 7.91. The number of nitrogens with one attached hydrogen (secondary N) is 1. The molecule has 0 aliphatic carbocycles. The Morgan fingerprint density at radius 3 is 2.55 bits per heavy atom. The van der Waals surface area contributed by atoms with Gasteiger partial charge < -0.3 is 9.88 Å². The Hall–Kier alpha value is -2.07. The molecular formula is C17H17ClN4. The van der Waals surface area contributed by atoms with Crippen LogP contribution in [0.3, 0.4) is 0 Å². The molecule has 1 aliphatic heterocycles. The fourth-order valence-corrected chi connectivity index (χ4v) is 3.28. The van der Waals surface area contributed by atoms with Crippen LogP contribution < -0.4 is 4.90 Å². The number of hydrogen-bond acceptors (Lipinski definition) is 3. The number of aromatic amines is 1. The van der Waals surface area contributed by atoms with Crippen molar-refractivity contribution < 1.29 is 0 Å². The topological polar surface area (TPSA) is 44.8 Å². The SMILES string of the molecule is Clc1ccc(-c2c[nH]c3ncnc(N4CCCCC4)c23)cc1. The molecule has 1 N–H and O–H groups in total. The van der Waals surface area contributed by atoms with Crippen LogP contribution in [0.2, 0.25) is 5.02 Å². The van der Waals surface area contributed by atoms with Crippen LogP contribution >= 0.6 is 11.6 Å². The van der Waals surface area contributed by atoms with Crippen molar-refractivity contribution in [2.75, 3.05) is 18.0 Å². The minimum Gasteiger partial charge on any atom is -0.356 e. The molecular weight excluding hydrogens is 296 g/mol. The van der Waals surface area contributed by atoms with E-state index in [1.807, 2.05) is 30.5 Å². The number of piperidine rings is 1. The molecule has 0 radical (unpaired) electrons. The highest BCUT2D eigenvalue weighted by Crippen LogP contribution is 2.34. The Kier molecular flexibility index (Phi) is 3.47. The van der Waals surface area contributed by atoms with Crippen molar-refractivity contribution in [2.45, 2.75) is 19.3 Å². The lowest BCUT2D eigenvalue weighted by Crippen LogP contribution is -2.30. The smallest absolute Gasteiger partial charge is 0.143 e. The lowest BCUT2D eigenvalue weighted by molar-refractivity contribution is 0.574. The van der Waals surface area contributed by atoms with Crippen LogP contribution in [-0.4, -0.2) is 28.0 Å². The van der Waals surface area contributed by atoms with Gasteiger partial charge in [-0.3, -0.25) is 0 Å². The van der Waals surface area contributed by atoms with Gasteiger partial charge in [-0.05, 0) is 37.0 Å². The van der Waals surface area contributed by atoms with Crippen molar-refractivity contribution >= 4 is 28.5 Å². The summed E-state index contributed by atoms with van der Waals surface area (Å²) in [6.07, 6.45) is 7.42. The zero-order chi connectivity index (χ0) is 14.9. The molecule has 3 heterocycles. The zero-order valence-corrected chi connectivity index (χ0v) is 13.0. The second-order valence-electron chi connectivity index (χ2n) is 5.68. The molecule has 0 spiro atoms. The summed E-state index contributed by atoms with van der Waals surface area (Å²) < 4.78 is 0. The van der Waals surface area contributed by atoms with Crippen molar-refractivity contribution in [2.24, 2.45) is 0 Å². The standard InChI is InChI=1S/C17H17ClN4/c18-13-6-4-12(5-7-13)14-10-19-16-15(14)17(21-11-20-16)22-8-2-1-3-9-22/h4-7,10-11H,1-3,8-9H2,(H,19,20,21). The first-order valence-corrected chi connectivity index (χ1v) is 8.04. The lowest BCUT2D eigenvalue weighted by atomic mass is 10.1. The van der Waals surface area contributed by atoms with Crippen LogP contribution in [0.15, 0.2) is 36.8 Å². The number of rotatable bonds is 2. The van der Waals surface area contributed by atoms with Gasteiger partial charge in [-0.2, -0.15) is 0 Å².